The molecule has 2 aliphatic rings. The maximum Gasteiger partial charge on any atom is 0.162 e. The van der Waals surface area contributed by atoms with Crippen molar-refractivity contribution in [3.05, 3.63) is 11.6 Å². The fourth-order valence-electron chi connectivity index (χ4n) is 2.76. The lowest BCUT2D eigenvalue weighted by Crippen LogP contribution is -2.37. The predicted molar refractivity (Wildman–Crippen MR) is 63.5 cm³/mol. The van der Waals surface area contributed by atoms with Gasteiger partial charge in [0.2, 0.25) is 0 Å². The molecule has 1 aromatic heterocycles. The second-order valence-electron chi connectivity index (χ2n) is 5.25. The van der Waals surface area contributed by atoms with Crippen LogP contribution in [0.3, 0.4) is 0 Å². The van der Waals surface area contributed by atoms with Gasteiger partial charge in [-0.25, -0.2) is 0 Å². The van der Waals surface area contributed by atoms with E-state index < -0.39 is 0 Å². The molecule has 94 valence electrons. The standard InChI is InChI=1S/C12H20N4O/c1-8(2)10-12-15-14-11(9-4-3-7-17-9)16(12)6-5-13-10/h8-10,13H,3-7H2,1-2H3. The first-order chi connectivity index (χ1) is 8.27. The summed E-state index contributed by atoms with van der Waals surface area (Å²) in [5, 5.41) is 12.2. The quantitative estimate of drug-likeness (QED) is 0.844. The van der Waals surface area contributed by atoms with Gasteiger partial charge in [0, 0.05) is 19.7 Å². The van der Waals surface area contributed by atoms with Gasteiger partial charge in [-0.15, -0.1) is 10.2 Å². The Kier molecular flexibility index (Phi) is 2.88. The minimum absolute atomic E-state index is 0.169. The molecule has 0 bridgehead atoms. The number of hydrogen-bond acceptors (Lipinski definition) is 4. The van der Waals surface area contributed by atoms with Crippen LogP contribution in [-0.4, -0.2) is 27.9 Å². The zero-order valence-electron chi connectivity index (χ0n) is 10.5. The van der Waals surface area contributed by atoms with Gasteiger partial charge < -0.3 is 14.6 Å². The third kappa shape index (κ3) is 1.87. The number of fused-ring (bicyclic) bond motifs is 1. The van der Waals surface area contributed by atoms with Gasteiger partial charge in [-0.05, 0) is 18.8 Å². The summed E-state index contributed by atoms with van der Waals surface area (Å²) < 4.78 is 7.98. The van der Waals surface area contributed by atoms with Crippen LogP contribution >= 0.6 is 0 Å². The largest absolute Gasteiger partial charge is 0.370 e. The van der Waals surface area contributed by atoms with Crippen LogP contribution in [0.25, 0.3) is 0 Å². The molecule has 1 aromatic rings. The van der Waals surface area contributed by atoms with Crippen LogP contribution in [0, 0.1) is 5.92 Å². The normalized spacial score (nSPS) is 28.6. The average molecular weight is 236 g/mol. The summed E-state index contributed by atoms with van der Waals surface area (Å²) in [6.45, 7) is 7.24. The van der Waals surface area contributed by atoms with Gasteiger partial charge in [-0.1, -0.05) is 13.8 Å². The van der Waals surface area contributed by atoms with Crippen LogP contribution in [0.2, 0.25) is 0 Å². The summed E-state index contributed by atoms with van der Waals surface area (Å²) in [5.41, 5.74) is 0. The second kappa shape index (κ2) is 4.38. The molecule has 0 aromatic carbocycles. The molecule has 17 heavy (non-hydrogen) atoms. The van der Waals surface area contributed by atoms with Crippen molar-refractivity contribution in [3.63, 3.8) is 0 Å². The SMILES string of the molecule is CC(C)C1NCCn2c(C3CCCO3)nnc21. The molecule has 0 spiro atoms. The molecule has 2 unspecified atom stereocenters. The van der Waals surface area contributed by atoms with Gasteiger partial charge in [0.1, 0.15) is 6.10 Å². The molecule has 5 heteroatoms. The molecule has 1 N–H and O–H groups in total. The highest BCUT2D eigenvalue weighted by atomic mass is 16.5. The molecule has 0 saturated carbocycles. The molecule has 1 saturated heterocycles. The first-order valence-electron chi connectivity index (χ1n) is 6.55. The van der Waals surface area contributed by atoms with Crippen LogP contribution in [0.1, 0.15) is 50.5 Å². The Morgan fingerprint density at radius 2 is 2.18 bits per heavy atom. The van der Waals surface area contributed by atoms with Crippen LogP contribution < -0.4 is 5.32 Å². The maximum absolute atomic E-state index is 5.72. The number of ether oxygens (including phenoxy) is 1. The lowest BCUT2D eigenvalue weighted by molar-refractivity contribution is 0.100. The van der Waals surface area contributed by atoms with E-state index >= 15 is 0 Å². The van der Waals surface area contributed by atoms with Crippen molar-refractivity contribution in [2.75, 3.05) is 13.2 Å². The number of nitrogens with zero attached hydrogens (tertiary/aromatic N) is 3. The minimum atomic E-state index is 0.169. The summed E-state index contributed by atoms with van der Waals surface area (Å²) in [4.78, 5) is 0. The lowest BCUT2D eigenvalue weighted by Gasteiger charge is -2.28. The Morgan fingerprint density at radius 1 is 1.35 bits per heavy atom. The number of hydrogen-bond donors (Lipinski definition) is 1. The van der Waals surface area contributed by atoms with E-state index in [1.807, 2.05) is 0 Å². The van der Waals surface area contributed by atoms with Gasteiger partial charge in [-0.3, -0.25) is 0 Å². The summed E-state index contributed by atoms with van der Waals surface area (Å²) in [5.74, 6) is 2.65. The molecule has 0 amide bonds. The Balaban J connectivity index is 1.93. The average Bonchev–Trinajstić information content (AvgIpc) is 2.96. The Labute approximate surface area is 102 Å². The fraction of sp³-hybridized carbons (Fsp3) is 0.833. The summed E-state index contributed by atoms with van der Waals surface area (Å²) >= 11 is 0. The van der Waals surface area contributed by atoms with E-state index in [4.69, 9.17) is 4.74 Å². The summed E-state index contributed by atoms with van der Waals surface area (Å²) in [6, 6.07) is 0.325. The van der Waals surface area contributed by atoms with E-state index in [0.717, 1.165) is 44.2 Å². The van der Waals surface area contributed by atoms with Gasteiger partial charge >= 0.3 is 0 Å². The van der Waals surface area contributed by atoms with Gasteiger partial charge in [0.15, 0.2) is 11.6 Å². The molecule has 0 radical (unpaired) electrons. The number of rotatable bonds is 2. The van der Waals surface area contributed by atoms with Crippen molar-refractivity contribution >= 4 is 0 Å². The molecule has 5 nitrogen and oxygen atoms in total. The minimum Gasteiger partial charge on any atom is -0.370 e. The third-order valence-electron chi connectivity index (χ3n) is 3.67. The van der Waals surface area contributed by atoms with E-state index in [1.54, 1.807) is 0 Å². The molecule has 3 heterocycles. The molecule has 2 aliphatic heterocycles. The Bertz CT molecular complexity index is 382. The monoisotopic (exact) mass is 236 g/mol. The van der Waals surface area contributed by atoms with Gasteiger partial charge in [0.25, 0.3) is 0 Å². The van der Waals surface area contributed by atoms with Crippen molar-refractivity contribution in [2.45, 2.75) is 45.4 Å². The van der Waals surface area contributed by atoms with Crippen LogP contribution in [0.15, 0.2) is 0 Å². The molecule has 0 aliphatic carbocycles. The van der Waals surface area contributed by atoms with Crippen molar-refractivity contribution in [1.29, 1.82) is 0 Å². The van der Waals surface area contributed by atoms with Crippen LogP contribution in [0.5, 0.6) is 0 Å². The third-order valence-corrected chi connectivity index (χ3v) is 3.67. The van der Waals surface area contributed by atoms with Gasteiger partial charge in [-0.2, -0.15) is 0 Å². The Hall–Kier alpha value is -0.940. The lowest BCUT2D eigenvalue weighted by atomic mass is 10.0. The molecule has 3 rings (SSSR count). The molecule has 1 fully saturated rings. The predicted octanol–water partition coefficient (Wildman–Crippen LogP) is 1.43. The van der Waals surface area contributed by atoms with Crippen molar-refractivity contribution < 1.29 is 4.74 Å². The van der Waals surface area contributed by atoms with Crippen molar-refractivity contribution in [3.8, 4) is 0 Å². The maximum atomic E-state index is 5.72. The van der Waals surface area contributed by atoms with Crippen molar-refractivity contribution in [1.82, 2.24) is 20.1 Å². The van der Waals surface area contributed by atoms with E-state index in [-0.39, 0.29) is 6.10 Å². The molecular formula is C12H20N4O. The zero-order chi connectivity index (χ0) is 11.8. The zero-order valence-corrected chi connectivity index (χ0v) is 10.5. The smallest absolute Gasteiger partial charge is 0.162 e. The van der Waals surface area contributed by atoms with Crippen LogP contribution in [-0.2, 0) is 11.3 Å². The number of aromatic nitrogens is 3. The topological polar surface area (TPSA) is 52.0 Å². The molecule has 2 atom stereocenters. The second-order valence-corrected chi connectivity index (χ2v) is 5.25. The highest BCUT2D eigenvalue weighted by Gasteiger charge is 2.31. The Morgan fingerprint density at radius 3 is 2.88 bits per heavy atom. The van der Waals surface area contributed by atoms with Gasteiger partial charge in [0.05, 0.1) is 6.04 Å². The van der Waals surface area contributed by atoms with E-state index in [1.165, 1.54) is 0 Å². The fourth-order valence-corrected chi connectivity index (χ4v) is 2.76. The van der Waals surface area contributed by atoms with E-state index in [2.05, 4.69) is 33.9 Å². The molecular weight excluding hydrogens is 216 g/mol. The first kappa shape index (κ1) is 11.2. The highest BCUT2D eigenvalue weighted by Crippen LogP contribution is 2.31. The number of nitrogens with one attached hydrogen (secondary N) is 1. The van der Waals surface area contributed by atoms with E-state index in [9.17, 15) is 0 Å². The van der Waals surface area contributed by atoms with Crippen LogP contribution in [0.4, 0.5) is 0 Å². The summed E-state index contributed by atoms with van der Waals surface area (Å²) in [7, 11) is 0. The first-order valence-corrected chi connectivity index (χ1v) is 6.55. The van der Waals surface area contributed by atoms with Crippen molar-refractivity contribution in [2.24, 2.45) is 5.92 Å². The highest BCUT2D eigenvalue weighted by molar-refractivity contribution is 5.08. The summed E-state index contributed by atoms with van der Waals surface area (Å²) in [6.07, 6.45) is 2.39. The van der Waals surface area contributed by atoms with E-state index in [0.29, 0.717) is 12.0 Å².